The van der Waals surface area contributed by atoms with Crippen molar-refractivity contribution in [3.8, 4) is 0 Å². The lowest BCUT2D eigenvalue weighted by Gasteiger charge is -2.07. The predicted octanol–water partition coefficient (Wildman–Crippen LogP) is 0.609. The zero-order valence-electron chi connectivity index (χ0n) is 9.65. The van der Waals surface area contributed by atoms with Crippen molar-refractivity contribution in [1.29, 1.82) is 0 Å². The Hall–Kier alpha value is -1.96. The number of sulfonamides is 1. The molecule has 8 heteroatoms. The van der Waals surface area contributed by atoms with Crippen molar-refractivity contribution in [3.63, 3.8) is 0 Å². The Labute approximate surface area is 103 Å². The van der Waals surface area contributed by atoms with Gasteiger partial charge in [-0.25, -0.2) is 17.5 Å². The Balaban J connectivity index is 3.11. The van der Waals surface area contributed by atoms with Crippen LogP contribution >= 0.6 is 0 Å². The molecule has 0 saturated carbocycles. The van der Waals surface area contributed by atoms with Crippen LogP contribution in [0.1, 0.15) is 13.8 Å². The summed E-state index contributed by atoms with van der Waals surface area (Å²) in [7, 11) is -4.08. The van der Waals surface area contributed by atoms with E-state index in [1.807, 2.05) is 0 Å². The molecule has 2 N–H and O–H groups in total. The summed E-state index contributed by atoms with van der Waals surface area (Å²) in [5.74, 6) is -2.16. The van der Waals surface area contributed by atoms with Gasteiger partial charge >= 0.3 is 0 Å². The summed E-state index contributed by atoms with van der Waals surface area (Å²) in [6.07, 6.45) is 0. The number of rotatable bonds is 3. The lowest BCUT2D eigenvalue weighted by Crippen LogP contribution is -2.28. The van der Waals surface area contributed by atoms with Crippen molar-refractivity contribution in [2.75, 3.05) is 5.32 Å². The lowest BCUT2D eigenvalue weighted by molar-refractivity contribution is -0.117. The van der Waals surface area contributed by atoms with E-state index < -0.39 is 32.6 Å². The molecule has 6 nitrogen and oxygen atoms in total. The van der Waals surface area contributed by atoms with E-state index in [0.29, 0.717) is 0 Å². The summed E-state index contributed by atoms with van der Waals surface area (Å²) >= 11 is 0. The largest absolute Gasteiger partial charge is 0.324 e. The maximum atomic E-state index is 13.5. The van der Waals surface area contributed by atoms with Crippen LogP contribution in [0.3, 0.4) is 0 Å². The van der Waals surface area contributed by atoms with Gasteiger partial charge in [0.1, 0.15) is 5.82 Å². The highest BCUT2D eigenvalue weighted by Crippen LogP contribution is 2.18. The number of amides is 2. The highest BCUT2D eigenvalue weighted by molar-refractivity contribution is 7.90. The van der Waals surface area contributed by atoms with Gasteiger partial charge < -0.3 is 5.32 Å². The maximum absolute atomic E-state index is 13.5. The first-order valence-corrected chi connectivity index (χ1v) is 6.31. The molecular formula is C10H11FN2O4S. The van der Waals surface area contributed by atoms with Gasteiger partial charge in [0.25, 0.3) is 10.0 Å². The molecule has 0 aliphatic carbocycles. The average molecular weight is 274 g/mol. The molecule has 0 unspecified atom stereocenters. The molecule has 0 aliphatic rings. The summed E-state index contributed by atoms with van der Waals surface area (Å²) in [6, 6.07) is 2.90. The van der Waals surface area contributed by atoms with Gasteiger partial charge in [0, 0.05) is 13.8 Å². The summed E-state index contributed by atoms with van der Waals surface area (Å²) in [5.41, 5.74) is -0.135. The fourth-order valence-corrected chi connectivity index (χ4v) is 2.20. The molecule has 0 heterocycles. The molecule has 0 saturated heterocycles. The third-order valence-corrected chi connectivity index (χ3v) is 3.27. The number of halogens is 1. The van der Waals surface area contributed by atoms with Crippen LogP contribution in [0, 0.1) is 5.82 Å². The predicted molar refractivity (Wildman–Crippen MR) is 61.7 cm³/mol. The number of benzene rings is 1. The lowest BCUT2D eigenvalue weighted by atomic mass is 10.3. The second-order valence-corrected chi connectivity index (χ2v) is 5.17. The van der Waals surface area contributed by atoms with E-state index in [0.717, 1.165) is 25.1 Å². The molecule has 98 valence electrons. The number of hydrogen-bond donors (Lipinski definition) is 2. The Morgan fingerprint density at radius 2 is 1.78 bits per heavy atom. The third kappa shape index (κ3) is 3.52. The van der Waals surface area contributed by atoms with E-state index in [2.05, 4.69) is 5.32 Å². The molecule has 0 fully saturated rings. The Bertz CT molecular complexity index is 598. The molecule has 0 aliphatic heterocycles. The van der Waals surface area contributed by atoms with Crippen LogP contribution in [-0.2, 0) is 19.6 Å². The van der Waals surface area contributed by atoms with Crippen molar-refractivity contribution in [1.82, 2.24) is 4.72 Å². The SMILES string of the molecule is CC(=O)Nc1ccc(S(=O)(=O)NC(C)=O)cc1F. The molecule has 0 spiro atoms. The number of nitrogens with one attached hydrogen (secondary N) is 2. The van der Waals surface area contributed by atoms with Gasteiger partial charge in [-0.1, -0.05) is 0 Å². The fraction of sp³-hybridized carbons (Fsp3) is 0.200. The standard InChI is InChI=1S/C10H11FN2O4S/c1-6(14)12-10-4-3-8(5-9(10)11)18(16,17)13-7(2)15/h3-5H,1-2H3,(H,12,14)(H,13,15). The molecule has 18 heavy (non-hydrogen) atoms. The molecule has 1 aromatic rings. The van der Waals surface area contributed by atoms with Gasteiger partial charge in [-0.15, -0.1) is 0 Å². The van der Waals surface area contributed by atoms with E-state index in [1.54, 1.807) is 4.72 Å². The number of hydrogen-bond acceptors (Lipinski definition) is 4. The minimum Gasteiger partial charge on any atom is -0.324 e. The topological polar surface area (TPSA) is 92.3 Å². The van der Waals surface area contributed by atoms with Crippen LogP contribution in [0.2, 0.25) is 0 Å². The van der Waals surface area contributed by atoms with E-state index >= 15 is 0 Å². The molecule has 0 aromatic heterocycles. The first kappa shape index (κ1) is 14.1. The van der Waals surface area contributed by atoms with Crippen LogP contribution in [-0.4, -0.2) is 20.2 Å². The first-order valence-electron chi connectivity index (χ1n) is 4.83. The van der Waals surface area contributed by atoms with Gasteiger partial charge in [0.05, 0.1) is 10.6 Å². The van der Waals surface area contributed by atoms with Crippen molar-refractivity contribution in [2.24, 2.45) is 0 Å². The van der Waals surface area contributed by atoms with Crippen LogP contribution in [0.25, 0.3) is 0 Å². The van der Waals surface area contributed by atoms with Gasteiger partial charge in [-0.2, -0.15) is 0 Å². The van der Waals surface area contributed by atoms with Crippen LogP contribution < -0.4 is 10.0 Å². The van der Waals surface area contributed by atoms with Crippen LogP contribution in [0.4, 0.5) is 10.1 Å². The molecule has 0 bridgehead atoms. The third-order valence-electron chi connectivity index (χ3n) is 1.84. The highest BCUT2D eigenvalue weighted by atomic mass is 32.2. The van der Waals surface area contributed by atoms with E-state index in [4.69, 9.17) is 0 Å². The quantitative estimate of drug-likeness (QED) is 0.844. The average Bonchev–Trinajstić information content (AvgIpc) is 2.18. The molecule has 1 aromatic carbocycles. The smallest absolute Gasteiger partial charge is 0.264 e. The number of carbonyl (C=O) groups is 2. The molecular weight excluding hydrogens is 263 g/mol. The number of carbonyl (C=O) groups excluding carboxylic acids is 2. The van der Waals surface area contributed by atoms with Gasteiger partial charge in [-0.3, -0.25) is 9.59 Å². The van der Waals surface area contributed by atoms with Crippen LogP contribution in [0.5, 0.6) is 0 Å². The van der Waals surface area contributed by atoms with E-state index in [-0.39, 0.29) is 5.69 Å². The van der Waals surface area contributed by atoms with Crippen molar-refractivity contribution in [2.45, 2.75) is 18.7 Å². The number of anilines is 1. The summed E-state index contributed by atoms with van der Waals surface area (Å²) in [4.78, 5) is 21.0. The second-order valence-electron chi connectivity index (χ2n) is 3.48. The van der Waals surface area contributed by atoms with Gasteiger partial charge in [0.2, 0.25) is 11.8 Å². The first-order chi connectivity index (χ1) is 8.22. The van der Waals surface area contributed by atoms with Crippen molar-refractivity contribution < 1.29 is 22.4 Å². The van der Waals surface area contributed by atoms with E-state index in [1.165, 1.54) is 6.92 Å². The van der Waals surface area contributed by atoms with Gasteiger partial charge in [0.15, 0.2) is 0 Å². The minimum absolute atomic E-state index is 0.135. The zero-order valence-corrected chi connectivity index (χ0v) is 10.5. The van der Waals surface area contributed by atoms with Gasteiger partial charge in [-0.05, 0) is 18.2 Å². The minimum atomic E-state index is -4.08. The van der Waals surface area contributed by atoms with E-state index in [9.17, 15) is 22.4 Å². The monoisotopic (exact) mass is 274 g/mol. The zero-order chi connectivity index (χ0) is 13.9. The maximum Gasteiger partial charge on any atom is 0.264 e. The Kier molecular flexibility index (Phi) is 4.02. The summed E-state index contributed by atoms with van der Waals surface area (Å²) in [6.45, 7) is 2.22. The van der Waals surface area contributed by atoms with Crippen molar-refractivity contribution >= 4 is 27.5 Å². The molecule has 0 radical (unpaired) electrons. The Morgan fingerprint density at radius 3 is 2.22 bits per heavy atom. The fourth-order valence-electron chi connectivity index (χ4n) is 1.20. The summed E-state index contributed by atoms with van der Waals surface area (Å²) < 4.78 is 38.3. The van der Waals surface area contributed by atoms with Crippen LogP contribution in [0.15, 0.2) is 23.1 Å². The molecule has 0 atom stereocenters. The second kappa shape index (κ2) is 5.13. The normalized spacial score (nSPS) is 10.8. The Morgan fingerprint density at radius 1 is 1.17 bits per heavy atom. The molecule has 2 amide bonds. The molecule has 1 rings (SSSR count). The van der Waals surface area contributed by atoms with Crippen molar-refractivity contribution in [3.05, 3.63) is 24.0 Å². The summed E-state index contributed by atoms with van der Waals surface area (Å²) in [5, 5.41) is 2.20. The highest BCUT2D eigenvalue weighted by Gasteiger charge is 2.17.